The number of rotatable bonds is 8. The number of nitrogens with one attached hydrogen (secondary N) is 1. The van der Waals surface area contributed by atoms with Gasteiger partial charge in [-0.05, 0) is 24.2 Å². The van der Waals surface area contributed by atoms with Crippen LogP contribution in [0.2, 0.25) is 0 Å². The van der Waals surface area contributed by atoms with Crippen LogP contribution in [0.4, 0.5) is 4.79 Å². The molecule has 0 bridgehead atoms. The summed E-state index contributed by atoms with van der Waals surface area (Å²) in [7, 11) is 0. The lowest BCUT2D eigenvalue weighted by Gasteiger charge is -2.34. The first-order valence-electron chi connectivity index (χ1n) is 11.5. The van der Waals surface area contributed by atoms with Crippen LogP contribution in [0, 0.1) is 17.3 Å². The molecule has 0 radical (unpaired) electrons. The van der Waals surface area contributed by atoms with Crippen molar-refractivity contribution in [2.45, 2.75) is 70.9 Å². The fourth-order valence-corrected chi connectivity index (χ4v) is 5.19. The average Bonchev–Trinajstić information content (AvgIpc) is 3.48. The Hall–Kier alpha value is -2.20. The predicted molar refractivity (Wildman–Crippen MR) is 112 cm³/mol. The second-order valence-corrected chi connectivity index (χ2v) is 9.86. The molecule has 3 rings (SSSR count). The highest BCUT2D eigenvalue weighted by molar-refractivity contribution is 5.98. The van der Waals surface area contributed by atoms with E-state index in [-0.39, 0.29) is 25.0 Å². The predicted octanol–water partition coefficient (Wildman–Crippen LogP) is 1.70. The Bertz CT molecular complexity index is 702. The third kappa shape index (κ3) is 5.98. The van der Waals surface area contributed by atoms with Gasteiger partial charge >= 0.3 is 6.09 Å². The molecule has 10 heteroatoms. The lowest BCUT2D eigenvalue weighted by Crippen LogP contribution is -2.54. The van der Waals surface area contributed by atoms with Crippen LogP contribution in [0.3, 0.4) is 0 Å². The van der Waals surface area contributed by atoms with Crippen LogP contribution in [-0.2, 0) is 23.9 Å². The third-order valence-corrected chi connectivity index (χ3v) is 6.94. The van der Waals surface area contributed by atoms with Crippen molar-refractivity contribution >= 4 is 24.3 Å². The molecule has 0 unspecified atom stereocenters. The molecule has 1 aliphatic carbocycles. The summed E-state index contributed by atoms with van der Waals surface area (Å²) in [6.45, 7) is 4.83. The van der Waals surface area contributed by atoms with Gasteiger partial charge in [0.05, 0.1) is 25.7 Å². The van der Waals surface area contributed by atoms with Gasteiger partial charge in [0.1, 0.15) is 12.1 Å². The van der Waals surface area contributed by atoms with Gasteiger partial charge in [-0.25, -0.2) is 9.86 Å². The fourth-order valence-electron chi connectivity index (χ4n) is 5.19. The van der Waals surface area contributed by atoms with Crippen LogP contribution < -0.4 is 5.32 Å². The highest BCUT2D eigenvalue weighted by Crippen LogP contribution is 2.38. The van der Waals surface area contributed by atoms with Crippen LogP contribution in [0.25, 0.3) is 0 Å². The molecule has 0 spiro atoms. The molecule has 4 amide bonds. The van der Waals surface area contributed by atoms with Crippen LogP contribution >= 0.6 is 0 Å². The molecule has 2 saturated heterocycles. The van der Waals surface area contributed by atoms with E-state index in [1.54, 1.807) is 0 Å². The lowest BCUT2D eigenvalue weighted by molar-refractivity contribution is -0.159. The molecule has 1 saturated carbocycles. The van der Waals surface area contributed by atoms with Crippen molar-refractivity contribution in [3.8, 4) is 0 Å². The smallest absolute Gasteiger partial charge is 0.414 e. The Balaban J connectivity index is 1.70. The molecule has 180 valence electrons. The van der Waals surface area contributed by atoms with Crippen molar-refractivity contribution in [1.82, 2.24) is 15.3 Å². The zero-order chi connectivity index (χ0) is 23.3. The normalized spacial score (nSPS) is 26.0. The first kappa shape index (κ1) is 24.4. The zero-order valence-corrected chi connectivity index (χ0v) is 19.0. The molecular weight excluding hydrogens is 418 g/mol. The minimum Gasteiger partial charge on any atom is -0.443 e. The summed E-state index contributed by atoms with van der Waals surface area (Å²) in [5.41, 5.74) is -0.544. The largest absolute Gasteiger partial charge is 0.443 e. The van der Waals surface area contributed by atoms with Crippen LogP contribution in [0.1, 0.15) is 58.8 Å². The number of nitrogens with zero attached hydrogens (tertiary/aromatic N) is 2. The molecule has 2 aliphatic heterocycles. The number of carbonyl (C=O) groups is 4. The number of likely N-dealkylation sites (tertiary alicyclic amines) is 1. The quantitative estimate of drug-likeness (QED) is 0.325. The molecular formula is C22H35N3O7. The molecule has 0 aromatic rings. The molecule has 3 fully saturated rings. The Morgan fingerprint density at radius 2 is 2.00 bits per heavy atom. The maximum atomic E-state index is 13.5. The zero-order valence-electron chi connectivity index (χ0n) is 19.0. The molecule has 0 aromatic carbocycles. The summed E-state index contributed by atoms with van der Waals surface area (Å²) < 4.78 is 10.4. The van der Waals surface area contributed by atoms with Crippen LogP contribution in [-0.4, -0.2) is 77.9 Å². The molecule has 3 aliphatic rings. The highest BCUT2D eigenvalue weighted by atomic mass is 16.6. The molecule has 32 heavy (non-hydrogen) atoms. The lowest BCUT2D eigenvalue weighted by atomic mass is 9.83. The van der Waals surface area contributed by atoms with Gasteiger partial charge in [0, 0.05) is 13.0 Å². The van der Waals surface area contributed by atoms with E-state index >= 15 is 0 Å². The van der Waals surface area contributed by atoms with E-state index in [9.17, 15) is 24.4 Å². The van der Waals surface area contributed by atoms with Crippen molar-refractivity contribution in [3.63, 3.8) is 0 Å². The van der Waals surface area contributed by atoms with E-state index in [1.165, 1.54) is 4.90 Å². The van der Waals surface area contributed by atoms with Gasteiger partial charge in [0.25, 0.3) is 5.91 Å². The Labute approximate surface area is 188 Å². The summed E-state index contributed by atoms with van der Waals surface area (Å²) in [4.78, 5) is 51.3. The maximum absolute atomic E-state index is 13.5. The summed E-state index contributed by atoms with van der Waals surface area (Å²) in [6, 6.07) is -0.850. The number of amides is 4. The first-order chi connectivity index (χ1) is 15.2. The van der Waals surface area contributed by atoms with Gasteiger partial charge < -0.3 is 14.4 Å². The summed E-state index contributed by atoms with van der Waals surface area (Å²) >= 11 is 0. The summed E-state index contributed by atoms with van der Waals surface area (Å²) in [5.74, 6) is -1.11. The minimum absolute atomic E-state index is 0.117. The standard InChI is InChI=1S/C22H35N3O7/c1-22(2)8-9-25(18(22)19(27)23-21(29)32-17-7-10-31-13-17)20(28)16(12-24(30)14-26)11-15-5-3-4-6-15/h14-18,30H,3-13H2,1-2H3,(H,23,27,29)/t16-,17-,18-/m1/s1. The van der Waals surface area contributed by atoms with Gasteiger partial charge in [-0.3, -0.25) is 24.9 Å². The van der Waals surface area contributed by atoms with Crippen molar-refractivity contribution in [2.75, 3.05) is 26.3 Å². The van der Waals surface area contributed by atoms with Gasteiger partial charge in [0.2, 0.25) is 12.3 Å². The number of hydroxylamine groups is 2. The van der Waals surface area contributed by atoms with Gasteiger partial charge in [0.15, 0.2) is 0 Å². The van der Waals surface area contributed by atoms with Gasteiger partial charge in [-0.2, -0.15) is 0 Å². The minimum atomic E-state index is -0.850. The second kappa shape index (κ2) is 10.6. The van der Waals surface area contributed by atoms with Crippen LogP contribution in [0.5, 0.6) is 0 Å². The van der Waals surface area contributed by atoms with E-state index in [0.29, 0.717) is 50.0 Å². The Kier molecular flexibility index (Phi) is 8.10. The average molecular weight is 454 g/mol. The van der Waals surface area contributed by atoms with Crippen molar-refractivity contribution in [2.24, 2.45) is 17.3 Å². The van der Waals surface area contributed by atoms with E-state index in [0.717, 1.165) is 25.7 Å². The van der Waals surface area contributed by atoms with Gasteiger partial charge in [-0.1, -0.05) is 39.5 Å². The fraction of sp³-hybridized carbons (Fsp3) is 0.818. The van der Waals surface area contributed by atoms with E-state index in [4.69, 9.17) is 9.47 Å². The molecule has 2 heterocycles. The molecule has 10 nitrogen and oxygen atoms in total. The third-order valence-electron chi connectivity index (χ3n) is 6.94. The number of carbonyl (C=O) groups excluding carboxylic acids is 4. The first-order valence-corrected chi connectivity index (χ1v) is 11.5. The van der Waals surface area contributed by atoms with E-state index in [2.05, 4.69) is 5.32 Å². The second-order valence-electron chi connectivity index (χ2n) is 9.86. The van der Waals surface area contributed by atoms with Crippen molar-refractivity contribution in [1.29, 1.82) is 0 Å². The van der Waals surface area contributed by atoms with Crippen molar-refractivity contribution < 1.29 is 33.9 Å². The number of hydrogen-bond acceptors (Lipinski definition) is 7. The van der Waals surface area contributed by atoms with E-state index in [1.807, 2.05) is 13.8 Å². The topological polar surface area (TPSA) is 125 Å². The highest BCUT2D eigenvalue weighted by Gasteiger charge is 2.49. The number of hydrogen-bond donors (Lipinski definition) is 2. The molecule has 2 N–H and O–H groups in total. The SMILES string of the molecule is CC1(C)CCN(C(=O)[C@H](CC2CCCC2)CN(O)C=O)[C@@H]1C(=O)NC(=O)O[C@@H]1CCOC1. The monoisotopic (exact) mass is 453 g/mol. The summed E-state index contributed by atoms with van der Waals surface area (Å²) in [5, 5.41) is 12.6. The summed E-state index contributed by atoms with van der Waals surface area (Å²) in [6.07, 6.45) is 5.04. The maximum Gasteiger partial charge on any atom is 0.414 e. The number of ether oxygens (including phenoxy) is 2. The Morgan fingerprint density at radius 3 is 2.62 bits per heavy atom. The van der Waals surface area contributed by atoms with Gasteiger partial charge in [-0.15, -0.1) is 0 Å². The van der Waals surface area contributed by atoms with Crippen molar-refractivity contribution in [3.05, 3.63) is 0 Å². The molecule has 3 atom stereocenters. The molecule has 0 aromatic heterocycles. The number of alkyl carbamates (subject to hydrolysis) is 1. The van der Waals surface area contributed by atoms with E-state index < -0.39 is 29.4 Å². The Morgan fingerprint density at radius 1 is 1.28 bits per heavy atom. The number of imide groups is 1. The van der Waals surface area contributed by atoms with Crippen LogP contribution in [0.15, 0.2) is 0 Å².